The maximum Gasteiger partial charge on any atom is 0.401 e. The predicted octanol–water partition coefficient (Wildman–Crippen LogP) is 5.91. The van der Waals surface area contributed by atoms with Gasteiger partial charge in [-0.15, -0.1) is 0 Å². The molecule has 36 heavy (non-hydrogen) atoms. The molecule has 3 aromatic rings. The van der Waals surface area contributed by atoms with Crippen LogP contribution in [0.2, 0.25) is 0 Å². The van der Waals surface area contributed by atoms with Crippen molar-refractivity contribution >= 4 is 10.9 Å². The lowest BCUT2D eigenvalue weighted by atomic mass is 9.86. The minimum absolute atomic E-state index is 0.142. The van der Waals surface area contributed by atoms with Gasteiger partial charge in [0.15, 0.2) is 0 Å². The number of alkyl halides is 4. The normalized spacial score (nSPS) is 21.5. The quantitative estimate of drug-likeness (QED) is 0.388. The Bertz CT molecular complexity index is 1200. The molecule has 2 aliphatic rings. The molecule has 0 spiro atoms. The maximum atomic E-state index is 13.7. The van der Waals surface area contributed by atoms with Crippen molar-refractivity contribution in [1.82, 2.24) is 14.8 Å². The third kappa shape index (κ3) is 4.98. The Morgan fingerprint density at radius 2 is 1.89 bits per heavy atom. The SMILES string of the molecule is CCc1cc(OCCN2CC(CF)C2)ccc1C1c2[nH]c3ccccc3c2CC(C)N1CC(F)(F)F. The zero-order valence-corrected chi connectivity index (χ0v) is 20.7. The van der Waals surface area contributed by atoms with E-state index in [-0.39, 0.29) is 18.6 Å². The Morgan fingerprint density at radius 1 is 1.11 bits per heavy atom. The third-order valence-corrected chi connectivity index (χ3v) is 7.60. The number of H-pyrrole nitrogens is 1. The summed E-state index contributed by atoms with van der Waals surface area (Å²) in [5, 5.41) is 1.08. The number of hydrogen-bond acceptors (Lipinski definition) is 3. The fourth-order valence-electron chi connectivity index (χ4n) is 5.79. The summed E-state index contributed by atoms with van der Waals surface area (Å²) < 4.78 is 59.8. The summed E-state index contributed by atoms with van der Waals surface area (Å²) in [6.45, 7) is 5.42. The van der Waals surface area contributed by atoms with Gasteiger partial charge in [-0.3, -0.25) is 14.2 Å². The monoisotopic (exact) mass is 503 g/mol. The second-order valence-electron chi connectivity index (χ2n) is 10.1. The van der Waals surface area contributed by atoms with Crippen molar-refractivity contribution in [2.75, 3.05) is 39.5 Å². The van der Waals surface area contributed by atoms with Crippen molar-refractivity contribution in [3.8, 4) is 5.75 Å². The summed E-state index contributed by atoms with van der Waals surface area (Å²) in [6.07, 6.45) is -3.06. The second-order valence-corrected chi connectivity index (χ2v) is 10.1. The molecule has 2 unspecified atom stereocenters. The van der Waals surface area contributed by atoms with E-state index in [1.54, 1.807) is 4.90 Å². The standard InChI is InChI=1S/C28H33F4N3O/c1-3-20-13-21(36-11-10-34-15-19(14-29)16-34)8-9-22(20)27-26-24(23-6-4-5-7-25(23)33-26)12-18(2)35(27)17-28(30,31)32/h4-9,13,18-19,27,33H,3,10-12,14-17H2,1-2H3. The van der Waals surface area contributed by atoms with E-state index in [9.17, 15) is 17.6 Å². The Hall–Kier alpha value is -2.58. The van der Waals surface area contributed by atoms with E-state index in [2.05, 4.69) is 9.88 Å². The van der Waals surface area contributed by atoms with Crippen molar-refractivity contribution in [1.29, 1.82) is 0 Å². The maximum absolute atomic E-state index is 13.7. The first-order chi connectivity index (χ1) is 17.3. The van der Waals surface area contributed by atoms with Crippen LogP contribution in [0.25, 0.3) is 10.9 Å². The number of halogens is 4. The molecule has 8 heteroatoms. The molecular weight excluding hydrogens is 470 g/mol. The van der Waals surface area contributed by atoms with Gasteiger partial charge in [-0.25, -0.2) is 0 Å². The molecule has 0 bridgehead atoms. The number of nitrogens with one attached hydrogen (secondary N) is 1. The number of likely N-dealkylation sites (tertiary alicyclic amines) is 1. The highest BCUT2D eigenvalue weighted by Gasteiger charge is 2.42. The Balaban J connectivity index is 1.45. The van der Waals surface area contributed by atoms with E-state index >= 15 is 0 Å². The fraction of sp³-hybridized carbons (Fsp3) is 0.500. The van der Waals surface area contributed by atoms with Gasteiger partial charge in [0.2, 0.25) is 0 Å². The average molecular weight is 504 g/mol. The molecule has 2 aliphatic heterocycles. The summed E-state index contributed by atoms with van der Waals surface area (Å²) >= 11 is 0. The number of ether oxygens (including phenoxy) is 1. The Labute approximate surface area is 209 Å². The topological polar surface area (TPSA) is 31.5 Å². The van der Waals surface area contributed by atoms with Crippen molar-refractivity contribution in [2.45, 2.75) is 44.9 Å². The number of fused-ring (bicyclic) bond motifs is 3. The minimum atomic E-state index is -4.30. The number of benzene rings is 2. The first-order valence-electron chi connectivity index (χ1n) is 12.7. The van der Waals surface area contributed by atoms with Crippen LogP contribution in [-0.2, 0) is 12.8 Å². The summed E-state index contributed by atoms with van der Waals surface area (Å²) in [4.78, 5) is 7.21. The van der Waals surface area contributed by atoms with Gasteiger partial charge in [0, 0.05) is 48.2 Å². The minimum Gasteiger partial charge on any atom is -0.492 e. The predicted molar refractivity (Wildman–Crippen MR) is 133 cm³/mol. The number of aromatic amines is 1. The van der Waals surface area contributed by atoms with E-state index in [4.69, 9.17) is 4.74 Å². The van der Waals surface area contributed by atoms with E-state index in [1.807, 2.05) is 56.3 Å². The number of rotatable bonds is 8. The average Bonchev–Trinajstić information content (AvgIpc) is 3.18. The van der Waals surface area contributed by atoms with Gasteiger partial charge in [-0.2, -0.15) is 13.2 Å². The molecule has 0 aliphatic carbocycles. The summed E-state index contributed by atoms with van der Waals surface area (Å²) in [7, 11) is 0. The molecule has 3 heterocycles. The molecule has 0 radical (unpaired) electrons. The number of aromatic nitrogens is 1. The zero-order valence-electron chi connectivity index (χ0n) is 20.7. The van der Waals surface area contributed by atoms with Crippen molar-refractivity contribution in [3.63, 3.8) is 0 Å². The van der Waals surface area contributed by atoms with Gasteiger partial charge in [0.25, 0.3) is 0 Å². The molecule has 0 saturated carbocycles. The molecule has 2 atom stereocenters. The summed E-state index contributed by atoms with van der Waals surface area (Å²) in [6, 6.07) is 12.9. The van der Waals surface area contributed by atoms with Crippen LogP contribution < -0.4 is 4.74 Å². The van der Waals surface area contributed by atoms with Crippen LogP contribution >= 0.6 is 0 Å². The number of nitrogens with zero attached hydrogens (tertiary/aromatic N) is 2. The summed E-state index contributed by atoms with van der Waals surface area (Å²) in [5.74, 6) is 0.851. The smallest absolute Gasteiger partial charge is 0.401 e. The fourth-order valence-corrected chi connectivity index (χ4v) is 5.79. The van der Waals surface area contributed by atoms with E-state index in [1.165, 1.54) is 0 Å². The van der Waals surface area contributed by atoms with Crippen LogP contribution in [0.15, 0.2) is 42.5 Å². The van der Waals surface area contributed by atoms with Crippen LogP contribution in [-0.4, -0.2) is 66.5 Å². The zero-order chi connectivity index (χ0) is 25.4. The highest BCUT2D eigenvalue weighted by molar-refractivity contribution is 5.85. The number of para-hydroxylation sites is 1. The molecule has 194 valence electrons. The molecule has 5 rings (SSSR count). The first-order valence-corrected chi connectivity index (χ1v) is 12.7. The van der Waals surface area contributed by atoms with E-state index in [0.717, 1.165) is 52.9 Å². The molecule has 4 nitrogen and oxygen atoms in total. The summed E-state index contributed by atoms with van der Waals surface area (Å²) in [5.41, 5.74) is 4.76. The lowest BCUT2D eigenvalue weighted by Gasteiger charge is -2.42. The van der Waals surface area contributed by atoms with Gasteiger partial charge in [-0.05, 0) is 54.7 Å². The third-order valence-electron chi connectivity index (χ3n) is 7.60. The highest BCUT2D eigenvalue weighted by Crippen LogP contribution is 2.43. The Kier molecular flexibility index (Phi) is 7.01. The van der Waals surface area contributed by atoms with Crippen LogP contribution in [0.3, 0.4) is 0 Å². The van der Waals surface area contributed by atoms with Gasteiger partial charge in [0.05, 0.1) is 19.3 Å². The van der Waals surface area contributed by atoms with Crippen LogP contribution in [0.5, 0.6) is 5.75 Å². The van der Waals surface area contributed by atoms with Gasteiger partial charge >= 0.3 is 6.18 Å². The van der Waals surface area contributed by atoms with Crippen LogP contribution in [0, 0.1) is 5.92 Å². The second kappa shape index (κ2) is 10.1. The van der Waals surface area contributed by atoms with Crippen LogP contribution in [0.4, 0.5) is 17.6 Å². The molecule has 2 aromatic carbocycles. The molecule has 1 N–H and O–H groups in total. The molecule has 1 fully saturated rings. The molecule has 0 amide bonds. The lowest BCUT2D eigenvalue weighted by molar-refractivity contribution is -0.155. The van der Waals surface area contributed by atoms with E-state index < -0.39 is 18.8 Å². The number of hydrogen-bond donors (Lipinski definition) is 1. The lowest BCUT2D eigenvalue weighted by Crippen LogP contribution is -2.49. The van der Waals surface area contributed by atoms with Crippen molar-refractivity contribution in [3.05, 3.63) is 64.8 Å². The van der Waals surface area contributed by atoms with Crippen molar-refractivity contribution < 1.29 is 22.3 Å². The van der Waals surface area contributed by atoms with Gasteiger partial charge in [-0.1, -0.05) is 31.2 Å². The largest absolute Gasteiger partial charge is 0.492 e. The van der Waals surface area contributed by atoms with Gasteiger partial charge in [0.1, 0.15) is 12.4 Å². The molecular formula is C28H33F4N3O. The first kappa shape index (κ1) is 25.1. The molecule has 1 saturated heterocycles. The van der Waals surface area contributed by atoms with Gasteiger partial charge < -0.3 is 9.72 Å². The van der Waals surface area contributed by atoms with E-state index in [0.29, 0.717) is 25.2 Å². The number of aryl methyl sites for hydroxylation is 1. The highest BCUT2D eigenvalue weighted by atomic mass is 19.4. The van der Waals surface area contributed by atoms with Crippen LogP contribution in [0.1, 0.15) is 42.3 Å². The van der Waals surface area contributed by atoms with Crippen molar-refractivity contribution in [2.24, 2.45) is 5.92 Å². The molecule has 1 aromatic heterocycles. The Morgan fingerprint density at radius 3 is 2.61 bits per heavy atom.